The minimum Gasteiger partial charge on any atom is -0.355 e. The average molecular weight is 281 g/mol. The molecule has 5 heteroatoms. The van der Waals surface area contributed by atoms with Crippen LogP contribution in [0.4, 0.5) is 5.82 Å². The van der Waals surface area contributed by atoms with E-state index in [1.54, 1.807) is 6.20 Å². The first-order valence-electron chi connectivity index (χ1n) is 7.08. The van der Waals surface area contributed by atoms with Crippen LogP contribution in [-0.2, 0) is 0 Å². The van der Waals surface area contributed by atoms with Crippen molar-refractivity contribution in [3.8, 4) is 0 Å². The SMILES string of the molecule is NC1CCN(C2CCN(c3ccc(Cl)cn3)C2)CC1. The van der Waals surface area contributed by atoms with Gasteiger partial charge >= 0.3 is 0 Å². The van der Waals surface area contributed by atoms with Crippen LogP contribution in [0.5, 0.6) is 0 Å². The number of nitrogens with two attached hydrogens (primary N) is 1. The predicted octanol–water partition coefficient (Wildman–Crippen LogP) is 1.74. The monoisotopic (exact) mass is 280 g/mol. The summed E-state index contributed by atoms with van der Waals surface area (Å²) < 4.78 is 0. The van der Waals surface area contributed by atoms with E-state index < -0.39 is 0 Å². The second-order valence-corrected chi connectivity index (χ2v) is 6.03. The lowest BCUT2D eigenvalue weighted by Crippen LogP contribution is -2.46. The number of pyridine rings is 1. The number of anilines is 1. The maximum absolute atomic E-state index is 5.97. The average Bonchev–Trinajstić information content (AvgIpc) is 2.90. The molecule has 0 radical (unpaired) electrons. The molecule has 0 saturated carbocycles. The van der Waals surface area contributed by atoms with Gasteiger partial charge in [0, 0.05) is 31.4 Å². The molecule has 0 spiro atoms. The summed E-state index contributed by atoms with van der Waals surface area (Å²) in [6.45, 7) is 4.45. The third-order valence-electron chi connectivity index (χ3n) is 4.29. The van der Waals surface area contributed by atoms with Crippen LogP contribution in [0.1, 0.15) is 19.3 Å². The Hall–Kier alpha value is -0.840. The smallest absolute Gasteiger partial charge is 0.128 e. The first kappa shape index (κ1) is 13.2. The molecular formula is C14H21ClN4. The van der Waals surface area contributed by atoms with Crippen LogP contribution in [0, 0.1) is 0 Å². The Kier molecular flexibility index (Phi) is 3.91. The van der Waals surface area contributed by atoms with E-state index in [1.165, 1.54) is 6.42 Å². The molecule has 2 saturated heterocycles. The van der Waals surface area contributed by atoms with Gasteiger partial charge in [-0.15, -0.1) is 0 Å². The van der Waals surface area contributed by atoms with Gasteiger partial charge in [-0.2, -0.15) is 0 Å². The lowest BCUT2D eigenvalue weighted by Gasteiger charge is -2.34. The highest BCUT2D eigenvalue weighted by molar-refractivity contribution is 6.30. The van der Waals surface area contributed by atoms with E-state index in [0.29, 0.717) is 17.1 Å². The van der Waals surface area contributed by atoms with Crippen LogP contribution in [0.3, 0.4) is 0 Å². The van der Waals surface area contributed by atoms with E-state index in [-0.39, 0.29) is 0 Å². The van der Waals surface area contributed by atoms with Gasteiger partial charge in [0.15, 0.2) is 0 Å². The van der Waals surface area contributed by atoms with Crippen molar-refractivity contribution in [2.45, 2.75) is 31.3 Å². The number of aromatic nitrogens is 1. The third kappa shape index (κ3) is 3.02. The van der Waals surface area contributed by atoms with Crippen molar-refractivity contribution in [3.05, 3.63) is 23.4 Å². The molecule has 19 heavy (non-hydrogen) atoms. The van der Waals surface area contributed by atoms with Gasteiger partial charge in [0.1, 0.15) is 5.82 Å². The number of hydrogen-bond donors (Lipinski definition) is 1. The fraction of sp³-hybridized carbons (Fsp3) is 0.643. The van der Waals surface area contributed by atoms with Crippen LogP contribution in [0.15, 0.2) is 18.3 Å². The zero-order valence-electron chi connectivity index (χ0n) is 11.1. The first-order valence-corrected chi connectivity index (χ1v) is 7.46. The normalized spacial score (nSPS) is 26.0. The topological polar surface area (TPSA) is 45.4 Å². The first-order chi connectivity index (χ1) is 9.22. The maximum Gasteiger partial charge on any atom is 0.128 e. The largest absolute Gasteiger partial charge is 0.355 e. The summed E-state index contributed by atoms with van der Waals surface area (Å²) in [5.41, 5.74) is 5.97. The Morgan fingerprint density at radius 1 is 1.16 bits per heavy atom. The molecule has 2 fully saturated rings. The fourth-order valence-electron chi connectivity index (χ4n) is 3.09. The molecule has 0 bridgehead atoms. The lowest BCUT2D eigenvalue weighted by molar-refractivity contribution is 0.163. The van der Waals surface area contributed by atoms with Gasteiger partial charge in [-0.3, -0.25) is 4.90 Å². The summed E-state index contributed by atoms with van der Waals surface area (Å²) in [6, 6.07) is 4.99. The van der Waals surface area contributed by atoms with Crippen LogP contribution >= 0.6 is 11.6 Å². The molecule has 1 aromatic heterocycles. The second-order valence-electron chi connectivity index (χ2n) is 5.60. The number of hydrogen-bond acceptors (Lipinski definition) is 4. The minimum atomic E-state index is 0.409. The predicted molar refractivity (Wildman–Crippen MR) is 78.6 cm³/mol. The quantitative estimate of drug-likeness (QED) is 0.896. The molecule has 104 valence electrons. The van der Waals surface area contributed by atoms with Gasteiger partial charge in [-0.1, -0.05) is 11.6 Å². The molecule has 1 atom stereocenters. The molecular weight excluding hydrogens is 260 g/mol. The van der Waals surface area contributed by atoms with Gasteiger partial charge in [0.25, 0.3) is 0 Å². The standard InChI is InChI=1S/C14H21ClN4/c15-11-1-2-14(17-9-11)19-8-5-13(10-19)18-6-3-12(16)4-7-18/h1-2,9,12-13H,3-8,10,16H2. The molecule has 2 N–H and O–H groups in total. The summed E-state index contributed by atoms with van der Waals surface area (Å²) in [5, 5.41) is 0.699. The van der Waals surface area contributed by atoms with Gasteiger partial charge in [-0.05, 0) is 44.5 Å². The van der Waals surface area contributed by atoms with Crippen LogP contribution in [0.2, 0.25) is 5.02 Å². The van der Waals surface area contributed by atoms with Crippen molar-refractivity contribution in [2.24, 2.45) is 5.73 Å². The summed E-state index contributed by atoms with van der Waals surface area (Å²) >= 11 is 5.88. The van der Waals surface area contributed by atoms with Crippen molar-refractivity contribution in [2.75, 3.05) is 31.1 Å². The second kappa shape index (κ2) is 5.65. The Morgan fingerprint density at radius 2 is 1.95 bits per heavy atom. The number of piperidine rings is 1. The van der Waals surface area contributed by atoms with Crippen molar-refractivity contribution in [1.82, 2.24) is 9.88 Å². The van der Waals surface area contributed by atoms with Crippen molar-refractivity contribution < 1.29 is 0 Å². The highest BCUT2D eigenvalue weighted by Gasteiger charge is 2.30. The Balaban J connectivity index is 1.59. The van der Waals surface area contributed by atoms with Crippen molar-refractivity contribution in [1.29, 1.82) is 0 Å². The van der Waals surface area contributed by atoms with Crippen LogP contribution < -0.4 is 10.6 Å². The van der Waals surface area contributed by atoms with Crippen LogP contribution in [-0.4, -0.2) is 48.1 Å². The fourth-order valence-corrected chi connectivity index (χ4v) is 3.20. The zero-order chi connectivity index (χ0) is 13.2. The number of rotatable bonds is 2. The van der Waals surface area contributed by atoms with E-state index in [4.69, 9.17) is 17.3 Å². The zero-order valence-corrected chi connectivity index (χ0v) is 11.9. The number of halogens is 1. The van der Waals surface area contributed by atoms with Gasteiger partial charge in [-0.25, -0.2) is 4.98 Å². The van der Waals surface area contributed by atoms with Crippen LogP contribution in [0.25, 0.3) is 0 Å². The van der Waals surface area contributed by atoms with E-state index in [1.807, 2.05) is 12.1 Å². The molecule has 3 heterocycles. The molecule has 1 aromatic rings. The van der Waals surface area contributed by atoms with E-state index in [0.717, 1.165) is 44.8 Å². The highest BCUT2D eigenvalue weighted by Crippen LogP contribution is 2.24. The lowest BCUT2D eigenvalue weighted by atomic mass is 10.0. The molecule has 4 nitrogen and oxygen atoms in total. The van der Waals surface area contributed by atoms with E-state index in [9.17, 15) is 0 Å². The van der Waals surface area contributed by atoms with Gasteiger partial charge in [0.2, 0.25) is 0 Å². The summed E-state index contributed by atoms with van der Waals surface area (Å²) in [6.07, 6.45) is 5.22. The Morgan fingerprint density at radius 3 is 2.63 bits per heavy atom. The van der Waals surface area contributed by atoms with Crippen molar-refractivity contribution >= 4 is 17.4 Å². The Labute approximate surface area is 119 Å². The number of nitrogens with zero attached hydrogens (tertiary/aromatic N) is 3. The van der Waals surface area contributed by atoms with Crippen molar-refractivity contribution in [3.63, 3.8) is 0 Å². The molecule has 0 amide bonds. The van der Waals surface area contributed by atoms with Gasteiger partial charge < -0.3 is 10.6 Å². The number of likely N-dealkylation sites (tertiary alicyclic amines) is 1. The third-order valence-corrected chi connectivity index (χ3v) is 4.51. The summed E-state index contributed by atoms with van der Waals surface area (Å²) in [4.78, 5) is 9.36. The minimum absolute atomic E-state index is 0.409. The molecule has 0 aromatic carbocycles. The van der Waals surface area contributed by atoms with E-state index in [2.05, 4.69) is 14.8 Å². The molecule has 3 rings (SSSR count). The summed E-state index contributed by atoms with van der Waals surface area (Å²) in [5.74, 6) is 1.04. The maximum atomic E-state index is 5.97. The highest BCUT2D eigenvalue weighted by atomic mass is 35.5. The van der Waals surface area contributed by atoms with Gasteiger partial charge in [0.05, 0.1) is 5.02 Å². The molecule has 0 aliphatic carbocycles. The molecule has 2 aliphatic heterocycles. The summed E-state index contributed by atoms with van der Waals surface area (Å²) in [7, 11) is 0. The van der Waals surface area contributed by atoms with E-state index >= 15 is 0 Å². The molecule has 2 aliphatic rings. The Bertz CT molecular complexity index is 414. The molecule has 1 unspecified atom stereocenters.